The number of hydrogen-bond donors (Lipinski definition) is 1. The van der Waals surface area contributed by atoms with Gasteiger partial charge in [0.05, 0.1) is 12.2 Å². The van der Waals surface area contributed by atoms with Crippen molar-refractivity contribution < 1.29 is 14.3 Å². The number of ether oxygens (including phenoxy) is 2. The highest BCUT2D eigenvalue weighted by molar-refractivity contribution is 5.91. The molecule has 1 aromatic rings. The molecule has 21 heavy (non-hydrogen) atoms. The molecule has 0 unspecified atom stereocenters. The van der Waals surface area contributed by atoms with Crippen LogP contribution in [0, 0.1) is 0 Å². The molecule has 2 heterocycles. The van der Waals surface area contributed by atoms with Crippen molar-refractivity contribution in [2.75, 3.05) is 6.61 Å². The number of carbonyl (C=O) groups excluding carboxylic acids is 1. The van der Waals surface area contributed by atoms with Crippen LogP contribution in [-0.2, 0) is 9.53 Å². The zero-order chi connectivity index (χ0) is 15.0. The Balaban J connectivity index is 2.03. The van der Waals surface area contributed by atoms with Crippen molar-refractivity contribution in [2.45, 2.75) is 45.3 Å². The van der Waals surface area contributed by atoms with Gasteiger partial charge in [0, 0.05) is 23.6 Å². The lowest BCUT2D eigenvalue weighted by Crippen LogP contribution is -2.54. The lowest BCUT2D eigenvalue weighted by molar-refractivity contribution is -0.140. The summed E-state index contributed by atoms with van der Waals surface area (Å²) < 4.78 is 11.4. The summed E-state index contributed by atoms with van der Waals surface area (Å²) in [7, 11) is 0. The first-order chi connectivity index (χ1) is 10.0. The predicted molar refractivity (Wildman–Crippen MR) is 79.9 cm³/mol. The fourth-order valence-electron chi connectivity index (χ4n) is 3.27. The van der Waals surface area contributed by atoms with E-state index in [1.807, 2.05) is 45.0 Å². The van der Waals surface area contributed by atoms with Crippen molar-refractivity contribution in [2.24, 2.45) is 0 Å². The summed E-state index contributed by atoms with van der Waals surface area (Å²) in [6.45, 7) is 6.39. The van der Waals surface area contributed by atoms with Gasteiger partial charge in [-0.3, -0.25) is 0 Å². The smallest absolute Gasteiger partial charge is 0.336 e. The molecule has 0 aromatic heterocycles. The van der Waals surface area contributed by atoms with Gasteiger partial charge in [-0.25, -0.2) is 4.79 Å². The first-order valence-electron chi connectivity index (χ1n) is 7.48. The minimum absolute atomic E-state index is 0.0329. The van der Waals surface area contributed by atoms with E-state index in [0.717, 1.165) is 35.4 Å². The molecule has 3 rings (SSSR count). The topological polar surface area (TPSA) is 47.6 Å². The van der Waals surface area contributed by atoms with E-state index in [2.05, 4.69) is 5.32 Å². The van der Waals surface area contributed by atoms with E-state index in [4.69, 9.17) is 9.47 Å². The van der Waals surface area contributed by atoms with Crippen molar-refractivity contribution in [3.63, 3.8) is 0 Å². The minimum atomic E-state index is -0.461. The molecule has 2 aliphatic rings. The predicted octanol–water partition coefficient (Wildman–Crippen LogP) is 3.10. The fraction of sp³-hybridized carbons (Fsp3) is 0.471. The summed E-state index contributed by atoms with van der Waals surface area (Å²) >= 11 is 0. The Kier molecular flexibility index (Phi) is 3.40. The van der Waals surface area contributed by atoms with Gasteiger partial charge in [-0.1, -0.05) is 25.1 Å². The summed E-state index contributed by atoms with van der Waals surface area (Å²) in [5.41, 5.74) is 2.19. The van der Waals surface area contributed by atoms with E-state index < -0.39 is 5.72 Å². The zero-order valence-electron chi connectivity index (χ0n) is 12.7. The maximum Gasteiger partial charge on any atom is 0.336 e. The number of allylic oxidation sites excluding steroid dienone is 1. The van der Waals surface area contributed by atoms with E-state index in [-0.39, 0.29) is 11.9 Å². The van der Waals surface area contributed by atoms with Gasteiger partial charge in [-0.15, -0.1) is 0 Å². The number of esters is 1. The van der Waals surface area contributed by atoms with Crippen molar-refractivity contribution in [3.8, 4) is 5.75 Å². The summed E-state index contributed by atoms with van der Waals surface area (Å²) in [5.74, 6) is 0.660. The Morgan fingerprint density at radius 1 is 1.48 bits per heavy atom. The van der Waals surface area contributed by atoms with E-state index >= 15 is 0 Å². The number of rotatable bonds is 3. The Morgan fingerprint density at radius 2 is 2.24 bits per heavy atom. The van der Waals surface area contributed by atoms with Crippen molar-refractivity contribution >= 4 is 5.97 Å². The SMILES string of the molecule is CCCOC(=O)C1=C(C)N[C@@]2(C)C[C@@H]1c1ccccc1O2. The van der Waals surface area contributed by atoms with Crippen LogP contribution in [0.5, 0.6) is 5.75 Å². The number of benzene rings is 1. The summed E-state index contributed by atoms with van der Waals surface area (Å²) in [6, 6.07) is 7.93. The molecule has 0 aliphatic carbocycles. The molecule has 0 saturated heterocycles. The molecule has 2 atom stereocenters. The normalized spacial score (nSPS) is 26.5. The van der Waals surface area contributed by atoms with Crippen molar-refractivity contribution in [1.82, 2.24) is 5.32 Å². The molecule has 0 saturated carbocycles. The maximum atomic E-state index is 12.4. The molecule has 0 radical (unpaired) electrons. The number of para-hydroxylation sites is 1. The van der Waals surface area contributed by atoms with Gasteiger partial charge in [0.25, 0.3) is 0 Å². The van der Waals surface area contributed by atoms with Crippen LogP contribution in [0.3, 0.4) is 0 Å². The van der Waals surface area contributed by atoms with Gasteiger partial charge in [-0.2, -0.15) is 0 Å². The van der Waals surface area contributed by atoms with Gasteiger partial charge in [0.2, 0.25) is 0 Å². The summed E-state index contributed by atoms with van der Waals surface area (Å²) in [6.07, 6.45) is 1.56. The lowest BCUT2D eigenvalue weighted by atomic mass is 9.78. The van der Waals surface area contributed by atoms with Crippen LogP contribution in [0.4, 0.5) is 0 Å². The van der Waals surface area contributed by atoms with Crippen molar-refractivity contribution in [1.29, 1.82) is 0 Å². The molecule has 0 fully saturated rings. The Hall–Kier alpha value is -1.97. The average Bonchev–Trinajstić information content (AvgIpc) is 2.43. The molecule has 4 nitrogen and oxygen atoms in total. The Morgan fingerprint density at radius 3 is 3.00 bits per heavy atom. The average molecular weight is 287 g/mol. The van der Waals surface area contributed by atoms with E-state index in [9.17, 15) is 4.79 Å². The third-order valence-electron chi connectivity index (χ3n) is 4.08. The van der Waals surface area contributed by atoms with Crippen LogP contribution < -0.4 is 10.1 Å². The second-order valence-corrected chi connectivity index (χ2v) is 5.93. The van der Waals surface area contributed by atoms with Gasteiger partial charge in [0.1, 0.15) is 5.75 Å². The van der Waals surface area contributed by atoms with Crippen LogP contribution in [0.1, 0.15) is 45.1 Å². The van der Waals surface area contributed by atoms with Gasteiger partial charge < -0.3 is 14.8 Å². The van der Waals surface area contributed by atoms with Crippen molar-refractivity contribution in [3.05, 3.63) is 41.1 Å². The van der Waals surface area contributed by atoms with Crippen LogP contribution in [-0.4, -0.2) is 18.3 Å². The third-order valence-corrected chi connectivity index (χ3v) is 4.08. The standard InChI is InChI=1S/C17H21NO3/c1-4-9-20-16(19)15-11(2)18-17(3)10-13(15)12-7-5-6-8-14(12)21-17/h5-8,13,18H,4,9-10H2,1-3H3/t13-,17-/m1/s1. The molecule has 2 bridgehead atoms. The summed E-state index contributed by atoms with van der Waals surface area (Å²) in [4.78, 5) is 12.4. The largest absolute Gasteiger partial charge is 0.468 e. The molecule has 112 valence electrons. The Labute approximate surface area is 125 Å². The highest BCUT2D eigenvalue weighted by Crippen LogP contribution is 2.47. The second kappa shape index (κ2) is 5.10. The van der Waals surface area contributed by atoms with Gasteiger partial charge in [-0.05, 0) is 26.3 Å². The monoisotopic (exact) mass is 287 g/mol. The molecule has 0 spiro atoms. The van der Waals surface area contributed by atoms with E-state index in [0.29, 0.717) is 6.61 Å². The number of hydrogen-bond acceptors (Lipinski definition) is 4. The highest BCUT2D eigenvalue weighted by atomic mass is 16.5. The molecule has 4 heteroatoms. The first kappa shape index (κ1) is 14.0. The van der Waals surface area contributed by atoms with Crippen LogP contribution in [0.15, 0.2) is 35.5 Å². The molecule has 2 aliphatic heterocycles. The molecular weight excluding hydrogens is 266 g/mol. The zero-order valence-corrected chi connectivity index (χ0v) is 12.7. The number of carbonyl (C=O) groups is 1. The fourth-order valence-corrected chi connectivity index (χ4v) is 3.27. The molecule has 1 aromatic carbocycles. The minimum Gasteiger partial charge on any atom is -0.468 e. The number of fused-ring (bicyclic) bond motifs is 4. The van der Waals surface area contributed by atoms with E-state index in [1.165, 1.54) is 0 Å². The summed E-state index contributed by atoms with van der Waals surface area (Å²) in [5, 5.41) is 3.33. The molecule has 1 N–H and O–H groups in total. The second-order valence-electron chi connectivity index (χ2n) is 5.93. The van der Waals surface area contributed by atoms with Crippen LogP contribution in [0.2, 0.25) is 0 Å². The van der Waals surface area contributed by atoms with Crippen LogP contribution in [0.25, 0.3) is 0 Å². The van der Waals surface area contributed by atoms with Gasteiger partial charge >= 0.3 is 5.97 Å². The maximum absolute atomic E-state index is 12.4. The number of nitrogens with one attached hydrogen (secondary N) is 1. The van der Waals surface area contributed by atoms with Gasteiger partial charge in [0.15, 0.2) is 5.72 Å². The third kappa shape index (κ3) is 2.39. The highest BCUT2D eigenvalue weighted by Gasteiger charge is 2.45. The lowest BCUT2D eigenvalue weighted by Gasteiger charge is -2.45. The van der Waals surface area contributed by atoms with Crippen LogP contribution >= 0.6 is 0 Å². The molecular formula is C17H21NO3. The first-order valence-corrected chi connectivity index (χ1v) is 7.48. The van der Waals surface area contributed by atoms with E-state index in [1.54, 1.807) is 0 Å². The quantitative estimate of drug-likeness (QED) is 0.868. The Bertz CT molecular complexity index is 608. The molecule has 0 amide bonds.